The summed E-state index contributed by atoms with van der Waals surface area (Å²) in [5, 5.41) is 10.1. The Labute approximate surface area is 154 Å². The number of nitrogens with zero attached hydrogens (tertiary/aromatic N) is 3. The molecule has 26 heavy (non-hydrogen) atoms. The minimum Gasteiger partial charge on any atom is -0.462 e. The largest absolute Gasteiger partial charge is 0.462 e. The molecule has 1 fully saturated rings. The molecule has 6 heteroatoms. The number of carbonyl (C=O) groups excluding carboxylic acids is 1. The van der Waals surface area contributed by atoms with E-state index in [-0.39, 0.29) is 12.6 Å². The fraction of sp³-hybridized carbons (Fsp3) is 0.500. The second-order valence-corrected chi connectivity index (χ2v) is 6.64. The first-order valence-corrected chi connectivity index (χ1v) is 9.25. The maximum absolute atomic E-state index is 12.6. The van der Waals surface area contributed by atoms with Gasteiger partial charge in [0.05, 0.1) is 30.0 Å². The molecule has 3 rings (SSSR count). The van der Waals surface area contributed by atoms with Crippen LogP contribution in [0.25, 0.3) is 10.9 Å². The molecule has 0 spiro atoms. The molecular weight excluding hydrogens is 330 g/mol. The van der Waals surface area contributed by atoms with E-state index >= 15 is 0 Å². The molecule has 2 heterocycles. The van der Waals surface area contributed by atoms with Crippen molar-refractivity contribution in [3.05, 3.63) is 41.1 Å². The molecule has 1 aromatic heterocycles. The predicted octanol–water partition coefficient (Wildman–Crippen LogP) is 1.83. The van der Waals surface area contributed by atoms with Crippen molar-refractivity contribution in [1.82, 2.24) is 14.8 Å². The third-order valence-electron chi connectivity index (χ3n) is 4.96. The molecule has 6 nitrogen and oxygen atoms in total. The topological polar surface area (TPSA) is 65.9 Å². The minimum atomic E-state index is -0.294. The van der Waals surface area contributed by atoms with Gasteiger partial charge in [0.2, 0.25) is 0 Å². The van der Waals surface area contributed by atoms with Gasteiger partial charge in [0.1, 0.15) is 0 Å². The molecule has 1 aromatic carbocycles. The number of fused-ring (bicyclic) bond motifs is 1. The molecule has 0 atom stereocenters. The number of aliphatic hydroxyl groups excluding tert-OH is 1. The lowest BCUT2D eigenvalue weighted by molar-refractivity contribution is 0.0520. The summed E-state index contributed by atoms with van der Waals surface area (Å²) in [6.07, 6.45) is 0. The summed E-state index contributed by atoms with van der Waals surface area (Å²) < 4.78 is 5.30. The summed E-state index contributed by atoms with van der Waals surface area (Å²) in [5.41, 5.74) is 3.23. The van der Waals surface area contributed by atoms with E-state index in [0.717, 1.165) is 54.9 Å². The van der Waals surface area contributed by atoms with Gasteiger partial charge < -0.3 is 9.84 Å². The Morgan fingerprint density at radius 2 is 1.88 bits per heavy atom. The van der Waals surface area contributed by atoms with Crippen molar-refractivity contribution in [2.24, 2.45) is 0 Å². The first kappa shape index (κ1) is 18.8. The number of carbonyl (C=O) groups is 1. The lowest BCUT2D eigenvalue weighted by Gasteiger charge is -2.34. The number of esters is 1. The van der Waals surface area contributed by atoms with Crippen molar-refractivity contribution in [2.45, 2.75) is 20.4 Å². The summed E-state index contributed by atoms with van der Waals surface area (Å²) in [7, 11) is 0. The zero-order valence-electron chi connectivity index (χ0n) is 15.6. The number of aromatic nitrogens is 1. The van der Waals surface area contributed by atoms with Crippen molar-refractivity contribution in [3.8, 4) is 0 Å². The zero-order valence-corrected chi connectivity index (χ0v) is 15.6. The van der Waals surface area contributed by atoms with E-state index in [2.05, 4.69) is 9.80 Å². The van der Waals surface area contributed by atoms with Crippen LogP contribution in [-0.2, 0) is 11.3 Å². The van der Waals surface area contributed by atoms with Gasteiger partial charge in [0.25, 0.3) is 0 Å². The van der Waals surface area contributed by atoms with Crippen molar-refractivity contribution >= 4 is 16.9 Å². The fourth-order valence-corrected chi connectivity index (χ4v) is 3.55. The second-order valence-electron chi connectivity index (χ2n) is 6.64. The van der Waals surface area contributed by atoms with Gasteiger partial charge in [-0.1, -0.05) is 18.2 Å². The van der Waals surface area contributed by atoms with E-state index in [1.165, 1.54) is 0 Å². The van der Waals surface area contributed by atoms with E-state index in [1.807, 2.05) is 38.1 Å². The van der Waals surface area contributed by atoms with Crippen molar-refractivity contribution in [1.29, 1.82) is 0 Å². The zero-order chi connectivity index (χ0) is 18.5. The lowest BCUT2D eigenvalue weighted by Crippen LogP contribution is -2.46. The van der Waals surface area contributed by atoms with Gasteiger partial charge in [0.15, 0.2) is 0 Å². The van der Waals surface area contributed by atoms with Crippen LogP contribution in [0.1, 0.15) is 28.5 Å². The number of aryl methyl sites for hydroxylation is 1. The molecule has 0 amide bonds. The van der Waals surface area contributed by atoms with E-state index in [9.17, 15) is 4.79 Å². The van der Waals surface area contributed by atoms with Gasteiger partial charge in [0, 0.05) is 44.7 Å². The average Bonchev–Trinajstić information content (AvgIpc) is 2.64. The third-order valence-corrected chi connectivity index (χ3v) is 4.96. The molecule has 2 aromatic rings. The van der Waals surface area contributed by atoms with E-state index < -0.39 is 0 Å². The van der Waals surface area contributed by atoms with Crippen LogP contribution in [0.5, 0.6) is 0 Å². The predicted molar refractivity (Wildman–Crippen MR) is 101 cm³/mol. The van der Waals surface area contributed by atoms with E-state index in [4.69, 9.17) is 14.8 Å². The molecule has 0 unspecified atom stereocenters. The molecule has 0 bridgehead atoms. The highest BCUT2D eigenvalue weighted by Gasteiger charge is 2.23. The highest BCUT2D eigenvalue weighted by Crippen LogP contribution is 2.25. The average molecular weight is 357 g/mol. The van der Waals surface area contributed by atoms with Crippen LogP contribution in [0.15, 0.2) is 24.3 Å². The van der Waals surface area contributed by atoms with Crippen LogP contribution < -0.4 is 0 Å². The van der Waals surface area contributed by atoms with Crippen LogP contribution in [0, 0.1) is 6.92 Å². The number of rotatable bonds is 6. The highest BCUT2D eigenvalue weighted by molar-refractivity contribution is 5.98. The summed E-state index contributed by atoms with van der Waals surface area (Å²) in [5.74, 6) is -0.294. The standard InChI is InChI=1S/C20H27N3O3/c1-3-26-20(25)19-15(2)16-6-4-5-7-17(16)21-18(19)14-23-10-8-22(9-11-23)12-13-24/h4-7,24H,3,8-14H2,1-2H3. The van der Waals surface area contributed by atoms with Crippen LogP contribution in [0.2, 0.25) is 0 Å². The summed E-state index contributed by atoms with van der Waals surface area (Å²) in [4.78, 5) is 21.9. The van der Waals surface area contributed by atoms with Crippen molar-refractivity contribution in [3.63, 3.8) is 0 Å². The molecule has 0 radical (unpaired) electrons. The van der Waals surface area contributed by atoms with Gasteiger partial charge in [-0.05, 0) is 25.5 Å². The van der Waals surface area contributed by atoms with Crippen LogP contribution in [-0.4, -0.2) is 71.8 Å². The SMILES string of the molecule is CCOC(=O)c1c(CN2CCN(CCO)CC2)nc2ccccc2c1C. The first-order chi connectivity index (χ1) is 12.6. The van der Waals surface area contributed by atoms with E-state index in [0.29, 0.717) is 18.7 Å². The number of benzene rings is 1. The highest BCUT2D eigenvalue weighted by atomic mass is 16.5. The normalized spacial score (nSPS) is 16.1. The Morgan fingerprint density at radius 1 is 1.19 bits per heavy atom. The number of aliphatic hydroxyl groups is 1. The van der Waals surface area contributed by atoms with Crippen molar-refractivity contribution < 1.29 is 14.6 Å². The second kappa shape index (κ2) is 8.58. The number of pyridine rings is 1. The van der Waals surface area contributed by atoms with Gasteiger partial charge in [-0.2, -0.15) is 0 Å². The Bertz CT molecular complexity index is 770. The number of ether oxygens (including phenoxy) is 1. The summed E-state index contributed by atoms with van der Waals surface area (Å²) in [6, 6.07) is 7.92. The molecule has 1 saturated heterocycles. The van der Waals surface area contributed by atoms with Crippen LogP contribution in [0.3, 0.4) is 0 Å². The first-order valence-electron chi connectivity index (χ1n) is 9.25. The van der Waals surface area contributed by atoms with Gasteiger partial charge in [-0.15, -0.1) is 0 Å². The third kappa shape index (κ3) is 4.03. The Morgan fingerprint density at radius 3 is 2.58 bits per heavy atom. The van der Waals surface area contributed by atoms with Crippen molar-refractivity contribution in [2.75, 3.05) is 45.9 Å². The molecule has 1 aliphatic rings. The van der Waals surface area contributed by atoms with Gasteiger partial charge in [-0.3, -0.25) is 14.8 Å². The maximum Gasteiger partial charge on any atom is 0.340 e. The molecule has 140 valence electrons. The number of β-amino-alcohol motifs (C(OH)–C–C–N with tert-alkyl or cyclic N) is 1. The number of para-hydroxylation sites is 1. The molecular formula is C20H27N3O3. The number of hydrogen-bond acceptors (Lipinski definition) is 6. The smallest absolute Gasteiger partial charge is 0.340 e. The Hall–Kier alpha value is -2.02. The molecule has 1 aliphatic heterocycles. The molecule has 1 N–H and O–H groups in total. The minimum absolute atomic E-state index is 0.193. The quantitative estimate of drug-likeness (QED) is 0.796. The Balaban J connectivity index is 1.89. The van der Waals surface area contributed by atoms with E-state index in [1.54, 1.807) is 0 Å². The fourth-order valence-electron chi connectivity index (χ4n) is 3.55. The van der Waals surface area contributed by atoms with Crippen LogP contribution in [0.4, 0.5) is 0 Å². The molecule has 0 aliphatic carbocycles. The number of hydrogen-bond donors (Lipinski definition) is 1. The maximum atomic E-state index is 12.6. The summed E-state index contributed by atoms with van der Waals surface area (Å²) >= 11 is 0. The lowest BCUT2D eigenvalue weighted by atomic mass is 10.0. The van der Waals surface area contributed by atoms with Gasteiger partial charge in [-0.25, -0.2) is 4.79 Å². The summed E-state index contributed by atoms with van der Waals surface area (Å²) in [6.45, 7) is 9.32. The Kier molecular flexibility index (Phi) is 6.19. The van der Waals surface area contributed by atoms with Crippen LogP contribution >= 0.6 is 0 Å². The molecule has 0 saturated carbocycles. The van der Waals surface area contributed by atoms with Gasteiger partial charge >= 0.3 is 5.97 Å². The monoisotopic (exact) mass is 357 g/mol. The number of piperazine rings is 1.